The number of ether oxygens (including phenoxy) is 3. The summed E-state index contributed by atoms with van der Waals surface area (Å²) in [6.07, 6.45) is 4.70. The first kappa shape index (κ1) is 22.6. The first-order valence-electron chi connectivity index (χ1n) is 11.7. The Morgan fingerprint density at radius 3 is 2.69 bits per heavy atom. The van der Waals surface area contributed by atoms with Crippen molar-refractivity contribution in [2.24, 2.45) is 0 Å². The van der Waals surface area contributed by atoms with Gasteiger partial charge in [0.05, 0.1) is 13.2 Å². The highest BCUT2D eigenvalue weighted by Gasteiger charge is 2.32. The number of benzene rings is 2. The predicted octanol–water partition coefficient (Wildman–Crippen LogP) is 4.70. The van der Waals surface area contributed by atoms with Gasteiger partial charge >= 0.3 is 6.16 Å². The van der Waals surface area contributed by atoms with Crippen LogP contribution in [0.1, 0.15) is 49.3 Å². The summed E-state index contributed by atoms with van der Waals surface area (Å²) in [4.78, 5) is 13.7. The minimum atomic E-state index is -0.529. The molecule has 6 nitrogen and oxygen atoms in total. The van der Waals surface area contributed by atoms with Crippen LogP contribution in [0.3, 0.4) is 0 Å². The van der Waals surface area contributed by atoms with Crippen LogP contribution >= 0.6 is 0 Å². The summed E-state index contributed by atoms with van der Waals surface area (Å²) in [6.45, 7) is 3.32. The second-order valence-corrected chi connectivity index (χ2v) is 8.63. The Balaban J connectivity index is 1.38. The quantitative estimate of drug-likeness (QED) is 0.429. The zero-order valence-corrected chi connectivity index (χ0v) is 18.9. The number of likely N-dealkylation sites (tertiary alicyclic amines) is 1. The number of carbonyl (C=O) groups is 1. The fourth-order valence-electron chi connectivity index (χ4n) is 4.91. The molecule has 32 heavy (non-hydrogen) atoms. The number of hydrogen-bond donors (Lipinski definition) is 1. The SMILES string of the molecule is COc1ccccc1CN[C@H]1CCCN(CCCCC2COC(=O)O2)[C@H]1c1ccccc1. The topological polar surface area (TPSA) is 60.0 Å². The van der Waals surface area contributed by atoms with Gasteiger partial charge in [-0.15, -0.1) is 0 Å². The molecule has 2 aromatic rings. The predicted molar refractivity (Wildman–Crippen MR) is 124 cm³/mol. The molecule has 2 saturated heterocycles. The van der Waals surface area contributed by atoms with Gasteiger partial charge in [0.1, 0.15) is 18.5 Å². The van der Waals surface area contributed by atoms with E-state index in [0.717, 1.165) is 51.1 Å². The molecule has 0 spiro atoms. The van der Waals surface area contributed by atoms with Crippen molar-refractivity contribution in [1.29, 1.82) is 0 Å². The summed E-state index contributed by atoms with van der Waals surface area (Å²) in [6, 6.07) is 19.8. The second kappa shape index (κ2) is 11.3. The van der Waals surface area contributed by atoms with Crippen molar-refractivity contribution in [3.05, 3.63) is 65.7 Å². The van der Waals surface area contributed by atoms with Gasteiger partial charge in [-0.1, -0.05) is 48.5 Å². The molecule has 2 aliphatic heterocycles. The van der Waals surface area contributed by atoms with E-state index in [1.54, 1.807) is 7.11 Å². The zero-order chi connectivity index (χ0) is 22.2. The number of unbranched alkanes of at least 4 members (excludes halogenated alkanes) is 1. The van der Waals surface area contributed by atoms with Gasteiger partial charge < -0.3 is 19.5 Å². The Labute approximate surface area is 190 Å². The van der Waals surface area contributed by atoms with Crippen molar-refractivity contribution < 1.29 is 19.0 Å². The summed E-state index contributed by atoms with van der Waals surface area (Å²) >= 11 is 0. The number of cyclic esters (lactones) is 2. The van der Waals surface area contributed by atoms with Crippen LogP contribution in [0.5, 0.6) is 5.75 Å². The molecule has 172 valence electrons. The highest BCUT2D eigenvalue weighted by atomic mass is 16.8. The summed E-state index contributed by atoms with van der Waals surface area (Å²) in [5.41, 5.74) is 2.55. The number of methoxy groups -OCH3 is 1. The molecule has 2 aliphatic rings. The first-order chi connectivity index (χ1) is 15.7. The Kier molecular flexibility index (Phi) is 8.02. The van der Waals surface area contributed by atoms with Crippen molar-refractivity contribution >= 4 is 6.16 Å². The molecule has 0 saturated carbocycles. The number of hydrogen-bond acceptors (Lipinski definition) is 6. The number of rotatable bonds is 10. The van der Waals surface area contributed by atoms with E-state index in [1.807, 2.05) is 12.1 Å². The van der Waals surface area contributed by atoms with Gasteiger partial charge in [-0.25, -0.2) is 4.79 Å². The second-order valence-electron chi connectivity index (χ2n) is 8.63. The zero-order valence-electron chi connectivity index (χ0n) is 18.9. The lowest BCUT2D eigenvalue weighted by atomic mass is 9.89. The van der Waals surface area contributed by atoms with Gasteiger partial charge in [0.15, 0.2) is 0 Å². The van der Waals surface area contributed by atoms with Crippen LogP contribution in [0.25, 0.3) is 0 Å². The lowest BCUT2D eigenvalue weighted by Crippen LogP contribution is -2.48. The highest BCUT2D eigenvalue weighted by Crippen LogP contribution is 2.32. The fourth-order valence-corrected chi connectivity index (χ4v) is 4.91. The minimum absolute atomic E-state index is 0.0796. The maximum atomic E-state index is 11.1. The highest BCUT2D eigenvalue weighted by molar-refractivity contribution is 5.61. The number of nitrogens with one attached hydrogen (secondary N) is 1. The summed E-state index contributed by atoms with van der Waals surface area (Å²) in [5, 5.41) is 3.84. The Morgan fingerprint density at radius 2 is 1.91 bits per heavy atom. The molecular formula is C26H34N2O4. The van der Waals surface area contributed by atoms with Gasteiger partial charge in [0.25, 0.3) is 0 Å². The van der Waals surface area contributed by atoms with Crippen molar-refractivity contribution in [2.75, 3.05) is 26.8 Å². The average molecular weight is 439 g/mol. The van der Waals surface area contributed by atoms with E-state index >= 15 is 0 Å². The smallest absolute Gasteiger partial charge is 0.496 e. The van der Waals surface area contributed by atoms with Gasteiger partial charge in [0.2, 0.25) is 0 Å². The first-order valence-corrected chi connectivity index (χ1v) is 11.7. The molecule has 1 unspecified atom stereocenters. The number of piperidine rings is 1. The summed E-state index contributed by atoms with van der Waals surface area (Å²) < 4.78 is 15.6. The number of carbonyl (C=O) groups excluding carboxylic acids is 1. The van der Waals surface area contributed by atoms with Crippen molar-refractivity contribution in [1.82, 2.24) is 10.2 Å². The third kappa shape index (κ3) is 5.81. The van der Waals surface area contributed by atoms with Gasteiger partial charge in [-0.3, -0.25) is 4.90 Å². The molecule has 2 aromatic carbocycles. The van der Waals surface area contributed by atoms with Crippen molar-refractivity contribution in [2.45, 2.75) is 56.8 Å². The van der Waals surface area contributed by atoms with Gasteiger partial charge in [-0.2, -0.15) is 0 Å². The van der Waals surface area contributed by atoms with Crippen LogP contribution in [0, 0.1) is 0 Å². The molecule has 1 N–H and O–H groups in total. The Morgan fingerprint density at radius 1 is 1.09 bits per heavy atom. The van der Waals surface area contributed by atoms with Crippen LogP contribution in [-0.4, -0.2) is 50.0 Å². The third-order valence-electron chi connectivity index (χ3n) is 6.49. The summed E-state index contributed by atoms with van der Waals surface area (Å²) in [5.74, 6) is 0.931. The molecule has 0 bridgehead atoms. The van der Waals surface area contributed by atoms with E-state index in [9.17, 15) is 4.79 Å². The van der Waals surface area contributed by atoms with Crippen LogP contribution in [0.2, 0.25) is 0 Å². The molecule has 0 aromatic heterocycles. The lowest BCUT2D eigenvalue weighted by molar-refractivity contribution is 0.103. The number of para-hydroxylation sites is 1. The van der Waals surface area contributed by atoms with Crippen LogP contribution < -0.4 is 10.1 Å². The lowest BCUT2D eigenvalue weighted by Gasteiger charge is -2.42. The van der Waals surface area contributed by atoms with E-state index in [0.29, 0.717) is 18.7 Å². The largest absolute Gasteiger partial charge is 0.508 e. The maximum Gasteiger partial charge on any atom is 0.508 e. The van der Waals surface area contributed by atoms with Gasteiger partial charge in [-0.05, 0) is 56.8 Å². The standard InChI is InChI=1S/C26H34N2O4/c1-30-24-15-6-5-12-21(24)18-27-23-14-9-17-28(25(23)20-10-3-2-4-11-20)16-8-7-13-22-19-31-26(29)32-22/h2-6,10-12,15,22-23,25,27H,7-9,13-14,16-19H2,1H3/t22?,23-,25-/m0/s1. The van der Waals surface area contributed by atoms with Crippen LogP contribution in [0.4, 0.5) is 4.79 Å². The minimum Gasteiger partial charge on any atom is -0.496 e. The molecule has 4 rings (SSSR count). The molecular weight excluding hydrogens is 404 g/mol. The molecule has 0 amide bonds. The average Bonchev–Trinajstić information content (AvgIpc) is 3.26. The fraction of sp³-hybridized carbons (Fsp3) is 0.500. The molecule has 3 atom stereocenters. The van der Waals surface area contributed by atoms with E-state index in [4.69, 9.17) is 14.2 Å². The summed E-state index contributed by atoms with van der Waals surface area (Å²) in [7, 11) is 1.73. The Hall–Kier alpha value is -2.57. The molecule has 0 radical (unpaired) electrons. The monoisotopic (exact) mass is 438 g/mol. The van der Waals surface area contributed by atoms with Crippen LogP contribution in [0.15, 0.2) is 54.6 Å². The Bertz CT molecular complexity index is 860. The van der Waals surface area contributed by atoms with E-state index in [-0.39, 0.29) is 6.10 Å². The van der Waals surface area contributed by atoms with E-state index in [1.165, 1.54) is 17.5 Å². The molecule has 2 heterocycles. The normalized spacial score (nSPS) is 23.5. The van der Waals surface area contributed by atoms with Crippen LogP contribution in [-0.2, 0) is 16.0 Å². The molecule has 0 aliphatic carbocycles. The van der Waals surface area contributed by atoms with Crippen molar-refractivity contribution in [3.63, 3.8) is 0 Å². The van der Waals surface area contributed by atoms with Gasteiger partial charge in [0, 0.05) is 18.2 Å². The molecule has 6 heteroatoms. The maximum absolute atomic E-state index is 11.1. The van der Waals surface area contributed by atoms with E-state index < -0.39 is 6.16 Å². The molecule has 2 fully saturated rings. The number of nitrogens with zero attached hydrogens (tertiary/aromatic N) is 1. The van der Waals surface area contributed by atoms with Crippen molar-refractivity contribution in [3.8, 4) is 5.75 Å². The third-order valence-corrected chi connectivity index (χ3v) is 6.49. The van der Waals surface area contributed by atoms with E-state index in [2.05, 4.69) is 52.7 Å².